The van der Waals surface area contributed by atoms with E-state index < -0.39 is 0 Å². The number of ether oxygens (including phenoxy) is 1. The lowest BCUT2D eigenvalue weighted by Crippen LogP contribution is -1.90. The van der Waals surface area contributed by atoms with Crippen LogP contribution in [0, 0.1) is 18.3 Å². The third-order valence-corrected chi connectivity index (χ3v) is 3.35. The Hall–Kier alpha value is -1.92. The topological polar surface area (TPSA) is 33.0 Å². The minimum absolute atomic E-state index is 0.588. The molecule has 0 aliphatic rings. The van der Waals surface area contributed by atoms with Crippen LogP contribution in [-0.2, 0) is 0 Å². The van der Waals surface area contributed by atoms with Gasteiger partial charge in [0.2, 0.25) is 0 Å². The van der Waals surface area contributed by atoms with E-state index in [2.05, 4.69) is 6.07 Å². The van der Waals surface area contributed by atoms with Crippen molar-refractivity contribution in [1.29, 1.82) is 5.26 Å². The van der Waals surface area contributed by atoms with Crippen molar-refractivity contribution in [1.82, 2.24) is 0 Å². The van der Waals surface area contributed by atoms with E-state index >= 15 is 0 Å². The highest BCUT2D eigenvalue weighted by atomic mass is 32.2. The summed E-state index contributed by atoms with van der Waals surface area (Å²) in [5, 5.41) is 9.21. The smallest absolute Gasteiger partial charge is 0.146 e. The van der Waals surface area contributed by atoms with E-state index in [-0.39, 0.29) is 0 Å². The summed E-state index contributed by atoms with van der Waals surface area (Å²) in [4.78, 5) is 0.933. The largest absolute Gasteiger partial charge is 0.456 e. The molecule has 0 aromatic heterocycles. The monoisotopic (exact) mass is 255 g/mol. The fourth-order valence-corrected chi connectivity index (χ4v) is 2.17. The molecule has 0 radical (unpaired) electrons. The lowest BCUT2D eigenvalue weighted by Gasteiger charge is -2.09. The summed E-state index contributed by atoms with van der Waals surface area (Å²) in [6, 6.07) is 15.6. The van der Waals surface area contributed by atoms with Crippen LogP contribution in [0.25, 0.3) is 0 Å². The van der Waals surface area contributed by atoms with Crippen molar-refractivity contribution in [2.75, 3.05) is 6.26 Å². The highest BCUT2D eigenvalue weighted by Crippen LogP contribution is 2.31. The van der Waals surface area contributed by atoms with E-state index in [1.807, 2.05) is 55.6 Å². The van der Waals surface area contributed by atoms with E-state index in [0.29, 0.717) is 11.3 Å². The average Bonchev–Trinajstić information content (AvgIpc) is 2.41. The predicted octanol–water partition coefficient (Wildman–Crippen LogP) is 4.38. The molecule has 90 valence electrons. The van der Waals surface area contributed by atoms with Gasteiger partial charge in [-0.05, 0) is 37.4 Å². The van der Waals surface area contributed by atoms with Crippen LogP contribution in [0.5, 0.6) is 11.5 Å². The van der Waals surface area contributed by atoms with Gasteiger partial charge in [0.25, 0.3) is 0 Å². The minimum Gasteiger partial charge on any atom is -0.456 e. The van der Waals surface area contributed by atoms with Crippen molar-refractivity contribution in [3.63, 3.8) is 0 Å². The Morgan fingerprint density at radius 3 is 2.44 bits per heavy atom. The summed E-state index contributed by atoms with van der Waals surface area (Å²) >= 11 is 1.54. The number of aryl methyl sites for hydroxylation is 1. The molecule has 0 heterocycles. The maximum atomic E-state index is 9.21. The molecule has 2 nitrogen and oxygen atoms in total. The molecule has 0 amide bonds. The molecule has 0 atom stereocenters. The van der Waals surface area contributed by atoms with E-state index in [4.69, 9.17) is 4.74 Å². The third-order valence-electron chi connectivity index (χ3n) is 2.57. The zero-order valence-electron chi connectivity index (χ0n) is 10.3. The molecule has 0 saturated heterocycles. The van der Waals surface area contributed by atoms with Gasteiger partial charge in [0.05, 0.1) is 0 Å². The zero-order valence-corrected chi connectivity index (χ0v) is 11.1. The third kappa shape index (κ3) is 2.66. The first-order valence-electron chi connectivity index (χ1n) is 5.56. The van der Waals surface area contributed by atoms with Gasteiger partial charge < -0.3 is 4.74 Å². The van der Waals surface area contributed by atoms with Crippen molar-refractivity contribution in [2.24, 2.45) is 0 Å². The molecule has 2 rings (SSSR count). The summed E-state index contributed by atoms with van der Waals surface area (Å²) in [7, 11) is 0. The fourth-order valence-electron chi connectivity index (χ4n) is 1.61. The van der Waals surface area contributed by atoms with Gasteiger partial charge in [-0.1, -0.05) is 23.8 Å². The standard InChI is InChI=1S/C15H13NOS/c1-11-6-8-12(9-7-11)17-14-4-3-5-15(18-2)13(14)10-16/h3-9H,1-2H3. The summed E-state index contributed by atoms with van der Waals surface area (Å²) in [5.41, 5.74) is 1.77. The zero-order chi connectivity index (χ0) is 13.0. The summed E-state index contributed by atoms with van der Waals surface area (Å²) in [6.45, 7) is 2.03. The van der Waals surface area contributed by atoms with Crippen LogP contribution in [0.4, 0.5) is 0 Å². The van der Waals surface area contributed by atoms with Crippen LogP contribution in [0.2, 0.25) is 0 Å². The molecule has 18 heavy (non-hydrogen) atoms. The van der Waals surface area contributed by atoms with Crippen LogP contribution in [0.1, 0.15) is 11.1 Å². The van der Waals surface area contributed by atoms with Gasteiger partial charge in [0.15, 0.2) is 0 Å². The number of rotatable bonds is 3. The molecule has 0 aliphatic heterocycles. The van der Waals surface area contributed by atoms with Crippen LogP contribution >= 0.6 is 11.8 Å². The lowest BCUT2D eigenvalue weighted by molar-refractivity contribution is 0.479. The van der Waals surface area contributed by atoms with Crippen molar-refractivity contribution in [3.8, 4) is 17.6 Å². The molecule has 0 unspecified atom stereocenters. The Bertz CT molecular complexity index is 584. The first-order chi connectivity index (χ1) is 8.74. The molecule has 2 aromatic carbocycles. The Kier molecular flexibility index (Phi) is 3.91. The van der Waals surface area contributed by atoms with E-state index in [1.165, 1.54) is 5.56 Å². The van der Waals surface area contributed by atoms with Crippen molar-refractivity contribution >= 4 is 11.8 Å². The Balaban J connectivity index is 2.35. The van der Waals surface area contributed by atoms with Crippen molar-refractivity contribution in [3.05, 3.63) is 53.6 Å². The maximum Gasteiger partial charge on any atom is 0.146 e. The predicted molar refractivity (Wildman–Crippen MR) is 74.2 cm³/mol. The highest BCUT2D eigenvalue weighted by molar-refractivity contribution is 7.98. The molecule has 3 heteroatoms. The Morgan fingerprint density at radius 1 is 1.11 bits per heavy atom. The van der Waals surface area contributed by atoms with Gasteiger partial charge in [-0.3, -0.25) is 0 Å². The number of nitriles is 1. The SMILES string of the molecule is CSc1cccc(Oc2ccc(C)cc2)c1C#N. The quantitative estimate of drug-likeness (QED) is 0.763. The normalized spacial score (nSPS) is 9.83. The summed E-state index contributed by atoms with van der Waals surface area (Å²) in [6.07, 6.45) is 1.95. The Labute approximate surface area is 111 Å². The lowest BCUT2D eigenvalue weighted by atomic mass is 10.2. The van der Waals surface area contributed by atoms with E-state index in [0.717, 1.165) is 10.6 Å². The van der Waals surface area contributed by atoms with Gasteiger partial charge >= 0.3 is 0 Å². The van der Waals surface area contributed by atoms with Gasteiger partial charge in [0, 0.05) is 4.90 Å². The van der Waals surface area contributed by atoms with Crippen LogP contribution < -0.4 is 4.74 Å². The van der Waals surface area contributed by atoms with Crippen LogP contribution in [0.15, 0.2) is 47.4 Å². The van der Waals surface area contributed by atoms with Crippen molar-refractivity contribution < 1.29 is 4.74 Å². The second-order valence-electron chi connectivity index (χ2n) is 3.86. The summed E-state index contributed by atoms with van der Waals surface area (Å²) in [5.74, 6) is 1.35. The van der Waals surface area contributed by atoms with Gasteiger partial charge in [-0.2, -0.15) is 5.26 Å². The van der Waals surface area contributed by atoms with E-state index in [9.17, 15) is 5.26 Å². The Morgan fingerprint density at radius 2 is 1.83 bits per heavy atom. The molecular weight excluding hydrogens is 242 g/mol. The second-order valence-corrected chi connectivity index (χ2v) is 4.71. The molecule has 0 spiro atoms. The molecule has 2 aromatic rings. The van der Waals surface area contributed by atoms with Crippen molar-refractivity contribution in [2.45, 2.75) is 11.8 Å². The molecule has 0 N–H and O–H groups in total. The molecule has 0 fully saturated rings. The average molecular weight is 255 g/mol. The summed E-state index contributed by atoms with van der Waals surface area (Å²) < 4.78 is 5.76. The number of hydrogen-bond acceptors (Lipinski definition) is 3. The molecule has 0 bridgehead atoms. The number of benzene rings is 2. The highest BCUT2D eigenvalue weighted by Gasteiger charge is 2.09. The van der Waals surface area contributed by atoms with Crippen LogP contribution in [0.3, 0.4) is 0 Å². The van der Waals surface area contributed by atoms with Gasteiger partial charge in [-0.25, -0.2) is 0 Å². The fraction of sp³-hybridized carbons (Fsp3) is 0.133. The number of nitrogens with zero attached hydrogens (tertiary/aromatic N) is 1. The van der Waals surface area contributed by atoms with E-state index in [1.54, 1.807) is 11.8 Å². The molecule has 0 saturated carbocycles. The first kappa shape index (κ1) is 12.5. The van der Waals surface area contributed by atoms with Crippen LogP contribution in [-0.4, -0.2) is 6.26 Å². The number of hydrogen-bond donors (Lipinski definition) is 0. The van der Waals surface area contributed by atoms with Gasteiger partial charge in [-0.15, -0.1) is 11.8 Å². The second kappa shape index (κ2) is 5.61. The number of thioether (sulfide) groups is 1. The molecule has 0 aliphatic carbocycles. The first-order valence-corrected chi connectivity index (χ1v) is 6.78. The van der Waals surface area contributed by atoms with Gasteiger partial charge in [0.1, 0.15) is 23.1 Å². The minimum atomic E-state index is 0.588. The maximum absolute atomic E-state index is 9.21. The molecular formula is C15H13NOS.